The summed E-state index contributed by atoms with van der Waals surface area (Å²) in [6.45, 7) is 4.15. The number of ether oxygens (including phenoxy) is 1. The predicted molar refractivity (Wildman–Crippen MR) is 89.9 cm³/mol. The normalized spacial score (nSPS) is 10.6. The van der Waals surface area contributed by atoms with Gasteiger partial charge in [0.2, 0.25) is 6.41 Å². The van der Waals surface area contributed by atoms with Crippen LogP contribution in [-0.4, -0.2) is 26.3 Å². The lowest BCUT2D eigenvalue weighted by atomic mass is 10.2. The molecule has 3 heterocycles. The number of amides is 1. The van der Waals surface area contributed by atoms with E-state index in [2.05, 4.69) is 39.1 Å². The zero-order valence-electron chi connectivity index (χ0n) is 13.4. The first kappa shape index (κ1) is 15.7. The van der Waals surface area contributed by atoms with E-state index >= 15 is 0 Å². The van der Waals surface area contributed by atoms with E-state index in [1.54, 1.807) is 36.8 Å². The molecule has 0 bridgehead atoms. The van der Waals surface area contributed by atoms with E-state index in [1.807, 2.05) is 6.07 Å². The van der Waals surface area contributed by atoms with Crippen LogP contribution < -0.4 is 10.1 Å². The molecule has 0 saturated heterocycles. The number of rotatable bonds is 6. The van der Waals surface area contributed by atoms with Gasteiger partial charge in [0.05, 0.1) is 23.8 Å². The van der Waals surface area contributed by atoms with Crippen LogP contribution >= 0.6 is 0 Å². The van der Waals surface area contributed by atoms with Gasteiger partial charge in [0.1, 0.15) is 23.1 Å². The average molecular weight is 323 g/mol. The molecule has 0 saturated carbocycles. The second-order valence-electron chi connectivity index (χ2n) is 5.46. The summed E-state index contributed by atoms with van der Waals surface area (Å²) in [4.78, 5) is 26.4. The summed E-state index contributed by atoms with van der Waals surface area (Å²) in [7, 11) is 0. The number of nitrogens with zero attached hydrogens (tertiary/aromatic N) is 3. The van der Waals surface area contributed by atoms with Crippen LogP contribution in [0.3, 0.4) is 0 Å². The summed E-state index contributed by atoms with van der Waals surface area (Å²) in [6, 6.07) is 6.98. The van der Waals surface area contributed by atoms with Crippen molar-refractivity contribution in [3.8, 4) is 22.9 Å². The van der Waals surface area contributed by atoms with Crippen LogP contribution in [0.4, 0.5) is 5.82 Å². The first-order valence-electron chi connectivity index (χ1n) is 7.51. The van der Waals surface area contributed by atoms with Gasteiger partial charge in [0.25, 0.3) is 0 Å². The third-order valence-electron chi connectivity index (χ3n) is 3.33. The largest absolute Gasteiger partial charge is 0.456 e. The molecule has 3 aromatic rings. The Bertz CT molecular complexity index is 827. The summed E-state index contributed by atoms with van der Waals surface area (Å²) < 4.78 is 5.77. The Hall–Kier alpha value is -3.22. The van der Waals surface area contributed by atoms with E-state index in [9.17, 15) is 4.79 Å². The summed E-state index contributed by atoms with van der Waals surface area (Å²) in [5.41, 5.74) is 1.59. The van der Waals surface area contributed by atoms with E-state index in [1.165, 1.54) is 0 Å². The SMILES string of the molecule is CC(C)c1ncc(-c2cc(Oc3ccc(NC=O)nc3)ccn2)[nH]1. The monoisotopic (exact) mass is 323 g/mol. The molecule has 3 aromatic heterocycles. The van der Waals surface area contributed by atoms with Gasteiger partial charge in [0, 0.05) is 18.2 Å². The minimum atomic E-state index is 0.322. The smallest absolute Gasteiger partial charge is 0.212 e. The quantitative estimate of drug-likeness (QED) is 0.679. The van der Waals surface area contributed by atoms with Gasteiger partial charge >= 0.3 is 0 Å². The lowest BCUT2D eigenvalue weighted by Gasteiger charge is -2.07. The number of H-pyrrole nitrogens is 1. The van der Waals surface area contributed by atoms with E-state index in [0.29, 0.717) is 29.6 Å². The van der Waals surface area contributed by atoms with Crippen molar-refractivity contribution in [2.45, 2.75) is 19.8 Å². The lowest BCUT2D eigenvalue weighted by molar-refractivity contribution is -0.105. The number of pyridine rings is 2. The molecule has 122 valence electrons. The molecule has 0 unspecified atom stereocenters. The minimum Gasteiger partial charge on any atom is -0.456 e. The Morgan fingerprint density at radius 1 is 1.12 bits per heavy atom. The maximum atomic E-state index is 10.4. The molecule has 2 N–H and O–H groups in total. The Morgan fingerprint density at radius 2 is 2.00 bits per heavy atom. The van der Waals surface area contributed by atoms with Crippen molar-refractivity contribution in [1.29, 1.82) is 0 Å². The molecular weight excluding hydrogens is 306 g/mol. The zero-order valence-corrected chi connectivity index (χ0v) is 13.4. The van der Waals surface area contributed by atoms with Crippen molar-refractivity contribution in [2.24, 2.45) is 0 Å². The molecule has 0 fully saturated rings. The fraction of sp³-hybridized carbons (Fsp3) is 0.176. The third-order valence-corrected chi connectivity index (χ3v) is 3.33. The molecule has 0 aliphatic carbocycles. The van der Waals surface area contributed by atoms with E-state index < -0.39 is 0 Å². The number of nitrogens with one attached hydrogen (secondary N) is 2. The van der Waals surface area contributed by atoms with E-state index in [0.717, 1.165) is 17.2 Å². The van der Waals surface area contributed by atoms with Crippen LogP contribution in [-0.2, 0) is 4.79 Å². The first-order chi connectivity index (χ1) is 11.7. The minimum absolute atomic E-state index is 0.322. The number of imidazole rings is 1. The van der Waals surface area contributed by atoms with Crippen LogP contribution in [0.25, 0.3) is 11.4 Å². The maximum absolute atomic E-state index is 10.4. The van der Waals surface area contributed by atoms with Gasteiger partial charge in [-0.3, -0.25) is 9.78 Å². The molecule has 0 radical (unpaired) electrons. The number of hydrogen-bond acceptors (Lipinski definition) is 5. The number of aromatic nitrogens is 4. The van der Waals surface area contributed by atoms with Crippen LogP contribution in [0, 0.1) is 0 Å². The average Bonchev–Trinajstić information content (AvgIpc) is 3.08. The maximum Gasteiger partial charge on any atom is 0.212 e. The highest BCUT2D eigenvalue weighted by atomic mass is 16.5. The van der Waals surface area contributed by atoms with E-state index in [-0.39, 0.29) is 0 Å². The second kappa shape index (κ2) is 6.91. The molecule has 7 heteroatoms. The molecular formula is C17H17N5O2. The highest BCUT2D eigenvalue weighted by Crippen LogP contribution is 2.25. The van der Waals surface area contributed by atoms with Gasteiger partial charge in [-0.25, -0.2) is 9.97 Å². The number of aromatic amines is 1. The summed E-state index contributed by atoms with van der Waals surface area (Å²) in [5.74, 6) is 2.91. The highest BCUT2D eigenvalue weighted by Gasteiger charge is 2.08. The molecule has 0 spiro atoms. The molecule has 0 aromatic carbocycles. The summed E-state index contributed by atoms with van der Waals surface area (Å²) in [6.07, 6.45) is 5.56. The fourth-order valence-electron chi connectivity index (χ4n) is 2.10. The Kier molecular flexibility index (Phi) is 4.51. The van der Waals surface area contributed by atoms with Gasteiger partial charge in [-0.05, 0) is 18.2 Å². The molecule has 1 amide bonds. The lowest BCUT2D eigenvalue weighted by Crippen LogP contribution is -1.96. The van der Waals surface area contributed by atoms with Crippen LogP contribution in [0.15, 0.2) is 42.9 Å². The van der Waals surface area contributed by atoms with E-state index in [4.69, 9.17) is 4.74 Å². The van der Waals surface area contributed by atoms with Crippen molar-refractivity contribution in [3.63, 3.8) is 0 Å². The Labute approximate surface area is 139 Å². The Morgan fingerprint density at radius 3 is 2.67 bits per heavy atom. The van der Waals surface area contributed by atoms with Gasteiger partial charge in [-0.2, -0.15) is 0 Å². The van der Waals surface area contributed by atoms with Crippen molar-refractivity contribution in [3.05, 3.63) is 48.7 Å². The third kappa shape index (κ3) is 3.57. The van der Waals surface area contributed by atoms with Crippen molar-refractivity contribution in [2.75, 3.05) is 5.32 Å². The summed E-state index contributed by atoms with van der Waals surface area (Å²) in [5, 5.41) is 2.47. The molecule has 24 heavy (non-hydrogen) atoms. The molecule has 7 nitrogen and oxygen atoms in total. The van der Waals surface area contributed by atoms with Crippen molar-refractivity contribution < 1.29 is 9.53 Å². The number of carbonyl (C=O) groups excluding carboxylic acids is 1. The van der Waals surface area contributed by atoms with Crippen molar-refractivity contribution >= 4 is 12.2 Å². The van der Waals surface area contributed by atoms with Gasteiger partial charge < -0.3 is 15.0 Å². The molecule has 0 aliphatic rings. The predicted octanol–water partition coefficient (Wildman–Crippen LogP) is 3.35. The van der Waals surface area contributed by atoms with Crippen molar-refractivity contribution in [1.82, 2.24) is 19.9 Å². The molecule has 0 atom stereocenters. The first-order valence-corrected chi connectivity index (χ1v) is 7.51. The van der Waals surface area contributed by atoms with Crippen LogP contribution in [0.2, 0.25) is 0 Å². The topological polar surface area (TPSA) is 92.8 Å². The number of anilines is 1. The number of hydrogen-bond donors (Lipinski definition) is 2. The summed E-state index contributed by atoms with van der Waals surface area (Å²) >= 11 is 0. The van der Waals surface area contributed by atoms with Crippen LogP contribution in [0.1, 0.15) is 25.6 Å². The highest BCUT2D eigenvalue weighted by molar-refractivity contribution is 5.68. The Balaban J connectivity index is 1.78. The fourth-order valence-corrected chi connectivity index (χ4v) is 2.10. The van der Waals surface area contributed by atoms with Gasteiger partial charge in [-0.15, -0.1) is 0 Å². The number of carbonyl (C=O) groups is 1. The van der Waals surface area contributed by atoms with Crippen LogP contribution in [0.5, 0.6) is 11.5 Å². The molecule has 3 rings (SSSR count). The molecule has 0 aliphatic heterocycles. The van der Waals surface area contributed by atoms with Gasteiger partial charge in [0.15, 0.2) is 0 Å². The second-order valence-corrected chi connectivity index (χ2v) is 5.46. The standard InChI is InChI=1S/C17H17N5O2/c1-11(2)17-20-9-15(22-17)14-7-12(5-6-18-14)24-13-3-4-16(19-8-13)21-10-23/h3-11H,1-2H3,(H,20,22)(H,19,21,23). The zero-order chi connectivity index (χ0) is 16.9. The van der Waals surface area contributed by atoms with Gasteiger partial charge in [-0.1, -0.05) is 13.8 Å².